The monoisotopic (exact) mass is 494 g/mol. The van der Waals surface area contributed by atoms with Crippen molar-refractivity contribution in [3.63, 3.8) is 0 Å². The van der Waals surface area contributed by atoms with Crippen LogP contribution in [0.1, 0.15) is 23.2 Å². The van der Waals surface area contributed by atoms with Crippen LogP contribution in [0.4, 0.5) is 10.1 Å². The second kappa shape index (κ2) is 9.18. The van der Waals surface area contributed by atoms with E-state index in [1.54, 1.807) is 16.9 Å². The van der Waals surface area contributed by atoms with Gasteiger partial charge in [-0.1, -0.05) is 34.8 Å². The molecule has 0 unspecified atom stereocenters. The van der Waals surface area contributed by atoms with Crippen LogP contribution in [-0.4, -0.2) is 39.8 Å². The Balaban J connectivity index is 1.73. The number of benzene rings is 2. The average Bonchev–Trinajstić information content (AvgIpc) is 3.08. The Hall–Kier alpha value is -1.74. The summed E-state index contributed by atoms with van der Waals surface area (Å²) in [7, 11) is -3.84. The Kier molecular flexibility index (Phi) is 7.02. The van der Waals surface area contributed by atoms with Gasteiger partial charge in [0.2, 0.25) is 10.0 Å². The van der Waals surface area contributed by atoms with E-state index in [0.717, 1.165) is 43.5 Å². The highest BCUT2D eigenvalue weighted by Crippen LogP contribution is 2.35. The Morgan fingerprint density at radius 3 is 2.63 bits per heavy atom. The van der Waals surface area contributed by atoms with Crippen LogP contribution >= 0.6 is 34.8 Å². The summed E-state index contributed by atoms with van der Waals surface area (Å²) in [5, 5.41) is 1.06. The van der Waals surface area contributed by atoms with Crippen molar-refractivity contribution in [3.8, 4) is 5.75 Å². The van der Waals surface area contributed by atoms with Crippen LogP contribution in [0.5, 0.6) is 5.75 Å². The van der Waals surface area contributed by atoms with Crippen LogP contribution < -0.4 is 14.4 Å². The fourth-order valence-corrected chi connectivity index (χ4v) is 4.44. The van der Waals surface area contributed by atoms with Crippen molar-refractivity contribution < 1.29 is 22.3 Å². The van der Waals surface area contributed by atoms with Crippen molar-refractivity contribution in [2.24, 2.45) is 0 Å². The Morgan fingerprint density at radius 1 is 1.23 bits per heavy atom. The Labute approximate surface area is 188 Å². The molecule has 162 valence electrons. The van der Waals surface area contributed by atoms with Crippen molar-refractivity contribution in [2.75, 3.05) is 24.3 Å². The highest BCUT2D eigenvalue weighted by atomic mass is 35.5. The summed E-state index contributed by atoms with van der Waals surface area (Å²) in [6.07, 6.45) is 2.57. The molecule has 1 fully saturated rings. The zero-order valence-electron chi connectivity index (χ0n) is 15.8. The number of ether oxygens (including phenoxy) is 1. The maximum Gasteiger partial charge on any atom is 0.267 e. The molecule has 1 heterocycles. The zero-order chi connectivity index (χ0) is 22.1. The van der Waals surface area contributed by atoms with E-state index in [1.807, 2.05) is 6.07 Å². The molecule has 11 heteroatoms. The zero-order valence-corrected chi connectivity index (χ0v) is 18.9. The van der Waals surface area contributed by atoms with Crippen LogP contribution in [0.25, 0.3) is 0 Å². The predicted molar refractivity (Wildman–Crippen MR) is 116 cm³/mol. The van der Waals surface area contributed by atoms with E-state index < -0.39 is 27.3 Å². The second-order valence-electron chi connectivity index (χ2n) is 6.86. The molecule has 0 bridgehead atoms. The highest BCUT2D eigenvalue weighted by Gasteiger charge is 2.27. The van der Waals surface area contributed by atoms with Gasteiger partial charge in [-0.15, -0.1) is 0 Å². The van der Waals surface area contributed by atoms with Gasteiger partial charge in [0.05, 0.1) is 33.6 Å². The van der Waals surface area contributed by atoms with E-state index in [-0.39, 0.29) is 23.4 Å². The third-order valence-electron chi connectivity index (χ3n) is 4.57. The number of hydrogen-bond donors (Lipinski definition) is 1. The van der Waals surface area contributed by atoms with Gasteiger partial charge in [-0.25, -0.2) is 17.5 Å². The minimum absolute atomic E-state index is 0.0101. The number of anilines is 1. The fraction of sp³-hybridized carbons (Fsp3) is 0.316. The molecule has 0 aromatic heterocycles. The van der Waals surface area contributed by atoms with Crippen molar-refractivity contribution in [1.82, 2.24) is 4.72 Å². The van der Waals surface area contributed by atoms with Gasteiger partial charge in [0.1, 0.15) is 18.2 Å². The van der Waals surface area contributed by atoms with Crippen LogP contribution in [0, 0.1) is 5.82 Å². The van der Waals surface area contributed by atoms with Crippen LogP contribution in [0.15, 0.2) is 30.3 Å². The number of amides is 1. The Morgan fingerprint density at radius 2 is 1.97 bits per heavy atom. The standard InChI is InChI=1S/C19H18Cl3FN2O4S/c1-30(27,28)24-19(26)13-8-15(22)18(9-16(13)23)29-10-12-3-2-6-25(12)17-5-4-11(20)7-14(17)21/h4-5,7-9,12H,2-3,6,10H2,1H3,(H,24,26)/t12-/m1/s1. The summed E-state index contributed by atoms with van der Waals surface area (Å²) in [4.78, 5) is 14.0. The van der Waals surface area contributed by atoms with Gasteiger partial charge in [-0.05, 0) is 37.1 Å². The van der Waals surface area contributed by atoms with Crippen molar-refractivity contribution in [1.29, 1.82) is 0 Å². The highest BCUT2D eigenvalue weighted by molar-refractivity contribution is 7.89. The summed E-state index contributed by atoms with van der Waals surface area (Å²) >= 11 is 18.4. The molecule has 1 N–H and O–H groups in total. The van der Waals surface area contributed by atoms with Crippen molar-refractivity contribution >= 4 is 56.4 Å². The lowest BCUT2D eigenvalue weighted by Gasteiger charge is -2.28. The molecular formula is C19H18Cl3FN2O4S. The summed E-state index contributed by atoms with van der Waals surface area (Å²) in [6.45, 7) is 0.995. The number of carbonyl (C=O) groups excluding carboxylic acids is 1. The first kappa shape index (κ1) is 22.9. The quantitative estimate of drug-likeness (QED) is 0.637. The van der Waals surface area contributed by atoms with Crippen molar-refractivity contribution in [3.05, 3.63) is 56.8 Å². The molecule has 6 nitrogen and oxygen atoms in total. The molecule has 1 atom stereocenters. The number of rotatable bonds is 6. The van der Waals surface area contributed by atoms with E-state index in [1.165, 1.54) is 0 Å². The lowest BCUT2D eigenvalue weighted by molar-refractivity contribution is 0.0977. The second-order valence-corrected chi connectivity index (χ2v) is 9.86. The van der Waals surface area contributed by atoms with Gasteiger partial charge < -0.3 is 9.64 Å². The summed E-state index contributed by atoms with van der Waals surface area (Å²) in [5.41, 5.74) is 0.338. The number of nitrogens with one attached hydrogen (secondary N) is 1. The van der Waals surface area contributed by atoms with E-state index in [9.17, 15) is 17.6 Å². The largest absolute Gasteiger partial charge is 0.490 e. The molecule has 2 aromatic rings. The van der Waals surface area contributed by atoms with Gasteiger partial charge in [0, 0.05) is 17.6 Å². The molecule has 0 radical (unpaired) electrons. The molecule has 3 rings (SSSR count). The number of nitrogens with zero attached hydrogens (tertiary/aromatic N) is 1. The molecule has 1 aliphatic rings. The molecule has 2 aromatic carbocycles. The SMILES string of the molecule is CS(=O)(=O)NC(=O)c1cc(Cl)c(OC[C@H]2CCCN2c2ccc(Cl)cc2Cl)cc1F. The third-order valence-corrected chi connectivity index (χ3v) is 5.96. The molecule has 0 saturated carbocycles. The molecule has 0 aliphatic carbocycles. The van der Waals surface area contributed by atoms with E-state index in [0.29, 0.717) is 10.0 Å². The molecule has 0 spiro atoms. The minimum Gasteiger partial charge on any atom is -0.490 e. The lowest BCUT2D eigenvalue weighted by Crippen LogP contribution is -2.34. The van der Waals surface area contributed by atoms with E-state index >= 15 is 0 Å². The van der Waals surface area contributed by atoms with Crippen LogP contribution in [-0.2, 0) is 10.0 Å². The molecule has 30 heavy (non-hydrogen) atoms. The Bertz CT molecular complexity index is 1080. The third kappa shape index (κ3) is 5.49. The minimum atomic E-state index is -3.84. The maximum atomic E-state index is 14.4. The number of carbonyl (C=O) groups is 1. The molecular weight excluding hydrogens is 478 g/mol. The van der Waals surface area contributed by atoms with Crippen molar-refractivity contribution in [2.45, 2.75) is 18.9 Å². The molecule has 1 amide bonds. The molecule has 1 aliphatic heterocycles. The lowest BCUT2D eigenvalue weighted by atomic mass is 10.2. The average molecular weight is 496 g/mol. The summed E-state index contributed by atoms with van der Waals surface area (Å²) < 4.78 is 44.1. The first-order valence-corrected chi connectivity index (χ1v) is 11.9. The van der Waals surface area contributed by atoms with E-state index in [2.05, 4.69) is 4.90 Å². The first-order chi connectivity index (χ1) is 14.0. The maximum absolute atomic E-state index is 14.4. The normalized spacial score (nSPS) is 16.6. The predicted octanol–water partition coefficient (Wildman–Crippen LogP) is 4.52. The summed E-state index contributed by atoms with van der Waals surface area (Å²) in [6, 6.07) is 7.25. The van der Waals surface area contributed by atoms with Gasteiger partial charge in [0.25, 0.3) is 5.91 Å². The number of hydrogen-bond acceptors (Lipinski definition) is 5. The fourth-order valence-electron chi connectivity index (χ4n) is 3.26. The number of halogens is 4. The smallest absolute Gasteiger partial charge is 0.267 e. The summed E-state index contributed by atoms with van der Waals surface area (Å²) in [5.74, 6) is -2.00. The topological polar surface area (TPSA) is 75.7 Å². The van der Waals surface area contributed by atoms with Gasteiger partial charge in [-0.3, -0.25) is 4.79 Å². The molecule has 1 saturated heterocycles. The van der Waals surface area contributed by atoms with E-state index in [4.69, 9.17) is 39.5 Å². The van der Waals surface area contributed by atoms with Crippen LogP contribution in [0.2, 0.25) is 15.1 Å². The van der Waals surface area contributed by atoms with Gasteiger partial charge in [0.15, 0.2) is 0 Å². The van der Waals surface area contributed by atoms with Gasteiger partial charge in [-0.2, -0.15) is 0 Å². The van der Waals surface area contributed by atoms with Crippen LogP contribution in [0.3, 0.4) is 0 Å². The van der Waals surface area contributed by atoms with Gasteiger partial charge >= 0.3 is 0 Å². The first-order valence-electron chi connectivity index (χ1n) is 8.91. The number of sulfonamides is 1.